The summed E-state index contributed by atoms with van der Waals surface area (Å²) in [6.07, 6.45) is 2.33. The van der Waals surface area contributed by atoms with E-state index in [9.17, 15) is 18.4 Å². The molecule has 28 heavy (non-hydrogen) atoms. The Morgan fingerprint density at radius 1 is 1.25 bits per heavy atom. The third-order valence-electron chi connectivity index (χ3n) is 6.44. The van der Waals surface area contributed by atoms with Crippen LogP contribution in [0, 0.1) is 5.41 Å². The second-order valence-electron chi connectivity index (χ2n) is 8.24. The molecule has 8 heteroatoms. The van der Waals surface area contributed by atoms with Crippen LogP contribution in [-0.4, -0.2) is 48.6 Å². The molecular weight excluding hydrogens is 366 g/mol. The Kier molecular flexibility index (Phi) is 4.47. The number of halogens is 2. The highest BCUT2D eigenvalue weighted by Crippen LogP contribution is 2.69. The zero-order chi connectivity index (χ0) is 20.1. The maximum absolute atomic E-state index is 13.8. The molecule has 3 aliphatic rings. The number of piperidine rings is 1. The van der Waals surface area contributed by atoms with Gasteiger partial charge in [0.25, 0.3) is 5.92 Å². The Hall–Kier alpha value is -2.38. The van der Waals surface area contributed by atoms with E-state index in [-0.39, 0.29) is 30.6 Å². The van der Waals surface area contributed by atoms with E-state index in [1.807, 2.05) is 6.92 Å². The number of rotatable bonds is 3. The van der Waals surface area contributed by atoms with Gasteiger partial charge in [-0.1, -0.05) is 6.07 Å². The highest BCUT2D eigenvalue weighted by Gasteiger charge is 2.74. The number of nitrogens with one attached hydrogen (secondary N) is 2. The maximum atomic E-state index is 13.8. The van der Waals surface area contributed by atoms with Crippen LogP contribution in [0.3, 0.4) is 0 Å². The largest absolute Gasteiger partial charge is 0.338 e. The van der Waals surface area contributed by atoms with Crippen LogP contribution in [0.5, 0.6) is 0 Å². The molecule has 2 atom stereocenters. The fraction of sp³-hybridized carbons (Fsp3) is 0.600. The van der Waals surface area contributed by atoms with Gasteiger partial charge in [-0.3, -0.25) is 4.90 Å². The Bertz CT molecular complexity index is 786. The average Bonchev–Trinajstić information content (AvgIpc) is 3.03. The summed E-state index contributed by atoms with van der Waals surface area (Å²) in [6.45, 7) is 2.37. The van der Waals surface area contributed by atoms with Gasteiger partial charge >= 0.3 is 12.1 Å². The van der Waals surface area contributed by atoms with Crippen molar-refractivity contribution in [3.05, 3.63) is 24.3 Å². The van der Waals surface area contributed by atoms with Gasteiger partial charge in [-0.15, -0.1) is 0 Å². The van der Waals surface area contributed by atoms with Crippen LogP contribution in [0.1, 0.15) is 39.0 Å². The molecule has 2 aliphatic heterocycles. The molecule has 1 spiro atoms. The molecule has 2 bridgehead atoms. The first-order valence-corrected chi connectivity index (χ1v) is 9.85. The molecule has 1 saturated carbocycles. The topological polar surface area (TPSA) is 64.7 Å². The zero-order valence-corrected chi connectivity index (χ0v) is 16.2. The number of alkyl halides is 2. The Morgan fingerprint density at radius 3 is 2.46 bits per heavy atom. The molecule has 4 rings (SSSR count). The Labute approximate surface area is 163 Å². The summed E-state index contributed by atoms with van der Waals surface area (Å²) >= 11 is 0. The quantitative estimate of drug-likeness (QED) is 0.816. The number of hydrogen-bond acceptors (Lipinski definition) is 2. The van der Waals surface area contributed by atoms with Crippen molar-refractivity contribution in [3.63, 3.8) is 0 Å². The summed E-state index contributed by atoms with van der Waals surface area (Å²) in [5, 5.41) is 5.61. The molecule has 1 aromatic carbocycles. The molecule has 6 nitrogen and oxygen atoms in total. The van der Waals surface area contributed by atoms with Gasteiger partial charge in [0, 0.05) is 48.9 Å². The van der Waals surface area contributed by atoms with Crippen LogP contribution in [0.15, 0.2) is 24.3 Å². The van der Waals surface area contributed by atoms with Gasteiger partial charge in [-0.05, 0) is 50.8 Å². The molecule has 2 N–H and O–H groups in total. The van der Waals surface area contributed by atoms with Gasteiger partial charge in [0.2, 0.25) is 0 Å². The Morgan fingerprint density at radius 2 is 1.89 bits per heavy atom. The van der Waals surface area contributed by atoms with Gasteiger partial charge in [0.05, 0.1) is 0 Å². The number of urea groups is 2. The normalized spacial score (nSPS) is 29.5. The molecule has 2 saturated heterocycles. The van der Waals surface area contributed by atoms with Gasteiger partial charge in [-0.25, -0.2) is 18.4 Å². The minimum absolute atomic E-state index is 0.0311. The SMILES string of the molecule is CCNC(=O)N(C)c1cccc(NC(=O)N2C3CCC2CC2(C3)CC2(F)F)c1. The van der Waals surface area contributed by atoms with Crippen molar-refractivity contribution in [1.29, 1.82) is 0 Å². The van der Waals surface area contributed by atoms with E-state index >= 15 is 0 Å². The second-order valence-corrected chi connectivity index (χ2v) is 8.24. The summed E-state index contributed by atoms with van der Waals surface area (Å²) < 4.78 is 27.6. The lowest BCUT2D eigenvalue weighted by Gasteiger charge is -2.39. The molecule has 0 radical (unpaired) electrons. The van der Waals surface area contributed by atoms with E-state index in [0.29, 0.717) is 30.8 Å². The highest BCUT2D eigenvalue weighted by molar-refractivity contribution is 5.94. The van der Waals surface area contributed by atoms with Crippen LogP contribution < -0.4 is 15.5 Å². The fourth-order valence-corrected chi connectivity index (χ4v) is 4.87. The summed E-state index contributed by atoms with van der Waals surface area (Å²) in [7, 11) is 1.66. The highest BCUT2D eigenvalue weighted by atomic mass is 19.3. The smallest absolute Gasteiger partial charge is 0.322 e. The molecule has 1 aliphatic carbocycles. The third kappa shape index (κ3) is 3.08. The molecular formula is C20H26F2N4O2. The first-order chi connectivity index (χ1) is 13.3. The molecule has 3 fully saturated rings. The van der Waals surface area contributed by atoms with Crippen LogP contribution >= 0.6 is 0 Å². The number of carbonyl (C=O) groups excluding carboxylic acids is 2. The number of anilines is 2. The molecule has 2 unspecified atom stereocenters. The molecule has 1 aromatic rings. The van der Waals surface area contributed by atoms with E-state index < -0.39 is 11.3 Å². The van der Waals surface area contributed by atoms with Crippen molar-refractivity contribution in [2.45, 2.75) is 57.0 Å². The van der Waals surface area contributed by atoms with E-state index in [2.05, 4.69) is 10.6 Å². The van der Waals surface area contributed by atoms with E-state index in [0.717, 1.165) is 12.8 Å². The lowest BCUT2D eigenvalue weighted by Crippen LogP contribution is -2.49. The molecule has 0 aromatic heterocycles. The number of fused-ring (bicyclic) bond motifs is 2. The number of nitrogens with zero attached hydrogens (tertiary/aromatic N) is 2. The Balaban J connectivity index is 1.44. The van der Waals surface area contributed by atoms with Crippen molar-refractivity contribution >= 4 is 23.4 Å². The standard InChI is InChI=1S/C20H26F2N4O2/c1-3-23-17(27)25(2)14-6-4-5-13(9-14)24-18(28)26-15-7-8-16(26)11-19(10-15)12-20(19,21)22/h4-6,9,15-16H,3,7-8,10-12H2,1-2H3,(H,23,27)(H,24,28). The number of amides is 4. The minimum Gasteiger partial charge on any atom is -0.338 e. The van der Waals surface area contributed by atoms with E-state index in [4.69, 9.17) is 0 Å². The van der Waals surface area contributed by atoms with Crippen molar-refractivity contribution in [2.75, 3.05) is 23.8 Å². The maximum Gasteiger partial charge on any atom is 0.322 e. The average molecular weight is 392 g/mol. The van der Waals surface area contributed by atoms with Crippen LogP contribution in [-0.2, 0) is 0 Å². The molecule has 2 heterocycles. The van der Waals surface area contributed by atoms with Gasteiger partial charge in [0.1, 0.15) is 0 Å². The monoisotopic (exact) mass is 392 g/mol. The van der Waals surface area contributed by atoms with Crippen molar-refractivity contribution in [1.82, 2.24) is 10.2 Å². The van der Waals surface area contributed by atoms with Gasteiger partial charge in [0.15, 0.2) is 0 Å². The van der Waals surface area contributed by atoms with E-state index in [1.165, 1.54) is 4.90 Å². The van der Waals surface area contributed by atoms with Gasteiger partial charge in [-0.2, -0.15) is 0 Å². The predicted octanol–water partition coefficient (Wildman–Crippen LogP) is 4.04. The van der Waals surface area contributed by atoms with Crippen LogP contribution in [0.2, 0.25) is 0 Å². The summed E-state index contributed by atoms with van der Waals surface area (Å²) in [5.41, 5.74) is 0.363. The second kappa shape index (κ2) is 6.60. The predicted molar refractivity (Wildman–Crippen MR) is 103 cm³/mol. The lowest BCUT2D eigenvalue weighted by molar-refractivity contribution is 0.0186. The number of benzene rings is 1. The lowest BCUT2D eigenvalue weighted by atomic mass is 9.87. The molecule has 152 valence electrons. The first-order valence-electron chi connectivity index (χ1n) is 9.85. The number of carbonyl (C=O) groups is 2. The van der Waals surface area contributed by atoms with Crippen molar-refractivity contribution in [2.24, 2.45) is 5.41 Å². The number of hydrogen-bond donors (Lipinski definition) is 2. The minimum atomic E-state index is -2.56. The van der Waals surface area contributed by atoms with Crippen molar-refractivity contribution < 1.29 is 18.4 Å². The summed E-state index contributed by atoms with van der Waals surface area (Å²) in [5.74, 6) is -2.56. The van der Waals surface area contributed by atoms with Crippen LogP contribution in [0.4, 0.5) is 29.7 Å². The molecule has 4 amide bonds. The van der Waals surface area contributed by atoms with E-state index in [1.54, 1.807) is 36.2 Å². The fourth-order valence-electron chi connectivity index (χ4n) is 4.87. The third-order valence-corrected chi connectivity index (χ3v) is 6.44. The van der Waals surface area contributed by atoms with Gasteiger partial charge < -0.3 is 15.5 Å². The summed E-state index contributed by atoms with van der Waals surface area (Å²) in [4.78, 5) is 28.1. The van der Waals surface area contributed by atoms with Crippen LogP contribution in [0.25, 0.3) is 0 Å². The van der Waals surface area contributed by atoms with Crippen molar-refractivity contribution in [3.8, 4) is 0 Å². The zero-order valence-electron chi connectivity index (χ0n) is 16.2. The summed E-state index contributed by atoms with van der Waals surface area (Å²) in [6, 6.07) is 6.34. The first kappa shape index (κ1) is 19.0.